The molecule has 0 heterocycles. The second kappa shape index (κ2) is 9.44. The lowest BCUT2D eigenvalue weighted by molar-refractivity contribution is 0.103. The van der Waals surface area contributed by atoms with Crippen molar-refractivity contribution in [1.82, 2.24) is 0 Å². The molecule has 0 saturated heterocycles. The standard InChI is InChI=1S/C18H20ClO4PS/c1-3-12-25-24(21,22-4-2)23-17-11-10-15(19)13-16(17)18(20)14-8-6-5-7-9-14/h5-11,13H,3-4,12H2,1-2H3. The first-order valence-electron chi connectivity index (χ1n) is 7.97. The number of hydrogen-bond acceptors (Lipinski definition) is 5. The van der Waals surface area contributed by atoms with E-state index in [0.717, 1.165) is 17.8 Å². The van der Waals surface area contributed by atoms with Crippen molar-refractivity contribution in [2.75, 3.05) is 12.4 Å². The van der Waals surface area contributed by atoms with E-state index in [1.165, 1.54) is 6.07 Å². The molecule has 0 radical (unpaired) electrons. The van der Waals surface area contributed by atoms with Crippen LogP contribution in [0.2, 0.25) is 5.02 Å². The number of carbonyl (C=O) groups excluding carboxylic acids is 1. The Morgan fingerprint density at radius 2 is 1.88 bits per heavy atom. The molecule has 25 heavy (non-hydrogen) atoms. The van der Waals surface area contributed by atoms with E-state index < -0.39 is 6.80 Å². The second-order valence-corrected chi connectivity index (χ2v) is 9.68. The van der Waals surface area contributed by atoms with Crippen LogP contribution in [0.15, 0.2) is 48.5 Å². The molecule has 0 saturated carbocycles. The van der Waals surface area contributed by atoms with Gasteiger partial charge in [-0.25, -0.2) is 4.57 Å². The van der Waals surface area contributed by atoms with Gasteiger partial charge in [0.2, 0.25) is 0 Å². The topological polar surface area (TPSA) is 52.6 Å². The van der Waals surface area contributed by atoms with E-state index in [-0.39, 0.29) is 23.7 Å². The zero-order valence-electron chi connectivity index (χ0n) is 14.1. The molecular weight excluding hydrogens is 379 g/mol. The molecule has 1 unspecified atom stereocenters. The maximum atomic E-state index is 12.9. The fourth-order valence-corrected chi connectivity index (χ4v) is 5.71. The fraction of sp³-hybridized carbons (Fsp3) is 0.278. The Morgan fingerprint density at radius 3 is 2.52 bits per heavy atom. The molecule has 0 fully saturated rings. The Kier molecular flexibility index (Phi) is 7.57. The molecule has 1 atom stereocenters. The molecule has 0 aliphatic rings. The molecule has 7 heteroatoms. The van der Waals surface area contributed by atoms with E-state index in [4.69, 9.17) is 20.6 Å². The molecule has 0 N–H and O–H groups in total. The van der Waals surface area contributed by atoms with E-state index in [9.17, 15) is 9.36 Å². The molecular formula is C18H20ClO4PS. The summed E-state index contributed by atoms with van der Waals surface area (Å²) < 4.78 is 24.0. The van der Waals surface area contributed by atoms with Crippen molar-refractivity contribution in [2.24, 2.45) is 0 Å². The summed E-state index contributed by atoms with van der Waals surface area (Å²) in [6.45, 7) is 0.576. The van der Waals surface area contributed by atoms with E-state index in [0.29, 0.717) is 16.3 Å². The minimum Gasteiger partial charge on any atom is -0.416 e. The van der Waals surface area contributed by atoms with E-state index in [1.807, 2.05) is 13.0 Å². The van der Waals surface area contributed by atoms with E-state index in [2.05, 4.69) is 0 Å². The van der Waals surface area contributed by atoms with Crippen LogP contribution in [-0.2, 0) is 9.09 Å². The predicted molar refractivity (Wildman–Crippen MR) is 104 cm³/mol. The zero-order valence-corrected chi connectivity index (χ0v) is 16.6. The van der Waals surface area contributed by atoms with Gasteiger partial charge in [-0.2, -0.15) is 0 Å². The second-order valence-electron chi connectivity index (χ2n) is 5.13. The van der Waals surface area contributed by atoms with Crippen LogP contribution >= 0.6 is 29.8 Å². The van der Waals surface area contributed by atoms with Crippen molar-refractivity contribution in [3.8, 4) is 5.75 Å². The van der Waals surface area contributed by atoms with E-state index in [1.54, 1.807) is 43.3 Å². The normalized spacial score (nSPS) is 13.2. The summed E-state index contributed by atoms with van der Waals surface area (Å²) in [5.74, 6) is 0.590. The highest BCUT2D eigenvalue weighted by atomic mass is 35.5. The van der Waals surface area contributed by atoms with E-state index >= 15 is 0 Å². The molecule has 0 amide bonds. The smallest absolute Gasteiger partial charge is 0.416 e. The Hall–Kier alpha value is -1.26. The maximum absolute atomic E-state index is 12.9. The lowest BCUT2D eigenvalue weighted by atomic mass is 10.0. The summed E-state index contributed by atoms with van der Waals surface area (Å²) in [5, 5.41) is 0.402. The van der Waals surface area contributed by atoms with Crippen LogP contribution in [0.1, 0.15) is 36.2 Å². The third-order valence-electron chi connectivity index (χ3n) is 3.17. The minimum atomic E-state index is -3.41. The molecule has 2 aromatic carbocycles. The minimum absolute atomic E-state index is 0.207. The summed E-state index contributed by atoms with van der Waals surface area (Å²) in [6, 6.07) is 13.5. The summed E-state index contributed by atoms with van der Waals surface area (Å²) in [5.41, 5.74) is 0.762. The van der Waals surface area contributed by atoms with Gasteiger partial charge in [-0.15, -0.1) is 0 Å². The van der Waals surface area contributed by atoms with Gasteiger partial charge < -0.3 is 4.52 Å². The molecule has 0 aromatic heterocycles. The molecule has 0 aliphatic carbocycles. The van der Waals surface area contributed by atoms with Gasteiger partial charge in [0.1, 0.15) is 5.75 Å². The summed E-state index contributed by atoms with van der Waals surface area (Å²) in [7, 11) is 0. The Morgan fingerprint density at radius 1 is 1.16 bits per heavy atom. The van der Waals surface area contributed by atoms with Gasteiger partial charge in [0.15, 0.2) is 5.78 Å². The molecule has 0 spiro atoms. The molecule has 134 valence electrons. The fourth-order valence-electron chi connectivity index (χ4n) is 2.08. The van der Waals surface area contributed by atoms with Crippen molar-refractivity contribution in [3.63, 3.8) is 0 Å². The van der Waals surface area contributed by atoms with Crippen LogP contribution < -0.4 is 4.52 Å². The van der Waals surface area contributed by atoms with Gasteiger partial charge in [-0.05, 0) is 42.9 Å². The Balaban J connectivity index is 2.38. The van der Waals surface area contributed by atoms with Crippen LogP contribution in [0.25, 0.3) is 0 Å². The highest BCUT2D eigenvalue weighted by molar-refractivity contribution is 8.55. The average Bonchev–Trinajstić information content (AvgIpc) is 2.62. The molecule has 2 rings (SSSR count). The largest absolute Gasteiger partial charge is 0.440 e. The number of halogens is 1. The predicted octanol–water partition coefficient (Wildman–Crippen LogP) is 6.24. The number of ketones is 1. The summed E-state index contributed by atoms with van der Waals surface area (Å²) in [4.78, 5) is 12.8. The van der Waals surface area contributed by atoms with Crippen LogP contribution in [0.5, 0.6) is 5.75 Å². The number of benzene rings is 2. The lowest BCUT2D eigenvalue weighted by Crippen LogP contribution is -2.05. The van der Waals surface area contributed by atoms with Gasteiger partial charge in [-0.1, -0.05) is 48.9 Å². The molecule has 2 aromatic rings. The zero-order chi connectivity index (χ0) is 18.3. The quantitative estimate of drug-likeness (QED) is 0.369. The molecule has 0 aliphatic heterocycles. The third kappa shape index (κ3) is 5.61. The first kappa shape index (κ1) is 20.1. The van der Waals surface area contributed by atoms with Crippen molar-refractivity contribution in [2.45, 2.75) is 20.3 Å². The van der Waals surface area contributed by atoms with Crippen LogP contribution in [0.3, 0.4) is 0 Å². The van der Waals surface area contributed by atoms with Crippen molar-refractivity contribution in [3.05, 3.63) is 64.7 Å². The molecule has 4 nitrogen and oxygen atoms in total. The molecule has 0 bridgehead atoms. The number of rotatable bonds is 9. The van der Waals surface area contributed by atoms with Crippen molar-refractivity contribution in [1.29, 1.82) is 0 Å². The SMILES string of the molecule is CCCSP(=O)(OCC)Oc1ccc(Cl)cc1C(=O)c1ccccc1. The average molecular weight is 399 g/mol. The van der Waals surface area contributed by atoms with Crippen LogP contribution in [0, 0.1) is 0 Å². The van der Waals surface area contributed by atoms with Crippen LogP contribution in [0.4, 0.5) is 0 Å². The lowest BCUT2D eigenvalue weighted by Gasteiger charge is -2.19. The maximum Gasteiger partial charge on any atom is 0.440 e. The highest BCUT2D eigenvalue weighted by Gasteiger charge is 2.29. The monoisotopic (exact) mass is 398 g/mol. The van der Waals surface area contributed by atoms with Gasteiger partial charge >= 0.3 is 6.80 Å². The Bertz CT molecular complexity index is 767. The summed E-state index contributed by atoms with van der Waals surface area (Å²) >= 11 is 7.18. The number of carbonyl (C=O) groups is 1. The van der Waals surface area contributed by atoms with Crippen molar-refractivity contribution < 1.29 is 18.4 Å². The third-order valence-corrected chi connectivity index (χ3v) is 7.35. The first-order valence-corrected chi connectivity index (χ1v) is 11.5. The Labute approximate surface area is 157 Å². The van der Waals surface area contributed by atoms with Gasteiger partial charge in [0.25, 0.3) is 0 Å². The van der Waals surface area contributed by atoms with Gasteiger partial charge in [-0.3, -0.25) is 9.32 Å². The van der Waals surface area contributed by atoms with Crippen molar-refractivity contribution >= 4 is 35.6 Å². The summed E-state index contributed by atoms with van der Waals surface area (Å²) in [6.07, 6.45) is 0.835. The van der Waals surface area contributed by atoms with Gasteiger partial charge in [0, 0.05) is 16.3 Å². The first-order chi connectivity index (χ1) is 12.0. The van der Waals surface area contributed by atoms with Gasteiger partial charge in [0.05, 0.1) is 12.2 Å². The highest BCUT2D eigenvalue weighted by Crippen LogP contribution is 2.60. The number of hydrogen-bond donors (Lipinski definition) is 0. The van der Waals surface area contributed by atoms with Crippen LogP contribution in [-0.4, -0.2) is 18.1 Å².